The molecule has 3 aromatic heterocycles. The second-order valence-corrected chi connectivity index (χ2v) is 8.71. The van der Waals surface area contributed by atoms with Crippen molar-refractivity contribution in [3.63, 3.8) is 0 Å². The fourth-order valence-corrected chi connectivity index (χ4v) is 5.59. The van der Waals surface area contributed by atoms with E-state index in [2.05, 4.69) is 62.9 Å². The Bertz CT molecular complexity index is 1040. The molecule has 5 nitrogen and oxygen atoms in total. The quantitative estimate of drug-likeness (QED) is 0.618. The van der Waals surface area contributed by atoms with Crippen LogP contribution in [0.2, 0.25) is 0 Å². The van der Waals surface area contributed by atoms with E-state index in [-0.39, 0.29) is 12.1 Å². The molecule has 30 heavy (non-hydrogen) atoms. The van der Waals surface area contributed by atoms with Crippen LogP contribution >= 0.6 is 12.2 Å². The van der Waals surface area contributed by atoms with Gasteiger partial charge >= 0.3 is 0 Å². The molecule has 0 amide bonds. The summed E-state index contributed by atoms with van der Waals surface area (Å²) in [6.45, 7) is 4.35. The van der Waals surface area contributed by atoms with Crippen molar-refractivity contribution < 1.29 is 0 Å². The second kappa shape index (κ2) is 7.84. The van der Waals surface area contributed by atoms with Crippen molar-refractivity contribution in [1.82, 2.24) is 24.8 Å². The molecule has 1 saturated carbocycles. The number of nitrogens with zero attached hydrogens (tertiary/aromatic N) is 4. The Morgan fingerprint density at radius 1 is 1.00 bits per heavy atom. The molecule has 1 N–H and O–H groups in total. The van der Waals surface area contributed by atoms with Crippen molar-refractivity contribution >= 4 is 17.3 Å². The number of thiocarbonyl (C=S) groups is 1. The summed E-state index contributed by atoms with van der Waals surface area (Å²) >= 11 is 5.88. The molecule has 0 radical (unpaired) electrons. The molecule has 1 aliphatic carbocycles. The van der Waals surface area contributed by atoms with Gasteiger partial charge in [0.15, 0.2) is 5.11 Å². The van der Waals surface area contributed by atoms with Gasteiger partial charge in [-0.25, -0.2) is 4.98 Å². The van der Waals surface area contributed by atoms with Gasteiger partial charge in [-0.1, -0.05) is 25.0 Å². The van der Waals surface area contributed by atoms with Crippen LogP contribution in [0.4, 0.5) is 0 Å². The SMILES string of the molecule is Cc1cc([C@@H]2[C@@H](c3ccccn3)NC(=S)N2C2CCCC2)c(C)n1-c1ccccn1. The van der Waals surface area contributed by atoms with Crippen LogP contribution in [0, 0.1) is 13.8 Å². The van der Waals surface area contributed by atoms with Gasteiger partial charge in [0, 0.05) is 29.8 Å². The summed E-state index contributed by atoms with van der Waals surface area (Å²) in [7, 11) is 0. The largest absolute Gasteiger partial charge is 0.352 e. The summed E-state index contributed by atoms with van der Waals surface area (Å²) in [4.78, 5) is 11.7. The fourth-order valence-electron chi connectivity index (χ4n) is 5.20. The van der Waals surface area contributed by atoms with Crippen LogP contribution in [0.3, 0.4) is 0 Å². The molecule has 6 heteroatoms. The van der Waals surface area contributed by atoms with Crippen molar-refractivity contribution in [2.24, 2.45) is 0 Å². The fraction of sp³-hybridized carbons (Fsp3) is 0.375. The number of hydrogen-bond acceptors (Lipinski definition) is 3. The van der Waals surface area contributed by atoms with Crippen molar-refractivity contribution in [3.05, 3.63) is 77.5 Å². The van der Waals surface area contributed by atoms with Gasteiger partial charge in [0.05, 0.1) is 17.8 Å². The number of rotatable bonds is 4. The molecular weight excluding hydrogens is 390 g/mol. The Labute approximate surface area is 183 Å². The minimum Gasteiger partial charge on any atom is -0.352 e. The highest BCUT2D eigenvalue weighted by atomic mass is 32.1. The number of aryl methyl sites for hydroxylation is 1. The van der Waals surface area contributed by atoms with Crippen LogP contribution in [0.25, 0.3) is 5.82 Å². The number of aromatic nitrogens is 3. The minimum atomic E-state index is 0.0389. The van der Waals surface area contributed by atoms with E-state index in [4.69, 9.17) is 12.2 Å². The lowest BCUT2D eigenvalue weighted by Gasteiger charge is -2.33. The average molecular weight is 418 g/mol. The zero-order valence-corrected chi connectivity index (χ0v) is 18.3. The lowest BCUT2D eigenvalue weighted by Crippen LogP contribution is -2.37. The van der Waals surface area contributed by atoms with E-state index >= 15 is 0 Å². The van der Waals surface area contributed by atoms with Crippen LogP contribution in [0.5, 0.6) is 0 Å². The highest BCUT2D eigenvalue weighted by Gasteiger charge is 2.44. The van der Waals surface area contributed by atoms with E-state index in [1.54, 1.807) is 0 Å². The Morgan fingerprint density at radius 3 is 2.40 bits per heavy atom. The predicted octanol–water partition coefficient (Wildman–Crippen LogP) is 4.80. The third-order valence-electron chi connectivity index (χ3n) is 6.52. The molecule has 0 bridgehead atoms. The van der Waals surface area contributed by atoms with Gasteiger partial charge in [-0.05, 0) is 74.8 Å². The van der Waals surface area contributed by atoms with Gasteiger partial charge in [0.25, 0.3) is 0 Å². The van der Waals surface area contributed by atoms with Crippen molar-refractivity contribution in [3.8, 4) is 5.82 Å². The molecule has 3 aromatic rings. The van der Waals surface area contributed by atoms with Crippen LogP contribution in [0.1, 0.15) is 60.4 Å². The Morgan fingerprint density at radius 2 is 1.73 bits per heavy atom. The van der Waals surface area contributed by atoms with Crippen LogP contribution in [-0.4, -0.2) is 30.6 Å². The first-order valence-corrected chi connectivity index (χ1v) is 11.2. The van der Waals surface area contributed by atoms with Crippen molar-refractivity contribution in [2.45, 2.75) is 57.7 Å². The summed E-state index contributed by atoms with van der Waals surface area (Å²) in [6, 6.07) is 15.1. The third-order valence-corrected chi connectivity index (χ3v) is 6.85. The van der Waals surface area contributed by atoms with E-state index in [0.717, 1.165) is 16.6 Å². The smallest absolute Gasteiger partial charge is 0.170 e. The molecule has 0 unspecified atom stereocenters. The Hall–Kier alpha value is -2.73. The summed E-state index contributed by atoms with van der Waals surface area (Å²) in [5.41, 5.74) is 4.73. The second-order valence-electron chi connectivity index (χ2n) is 8.32. The molecule has 1 saturated heterocycles. The van der Waals surface area contributed by atoms with Gasteiger partial charge in [-0.2, -0.15) is 0 Å². The first kappa shape index (κ1) is 19.2. The number of hydrogen-bond donors (Lipinski definition) is 1. The number of pyridine rings is 2. The molecule has 0 aromatic carbocycles. The van der Waals surface area contributed by atoms with E-state index in [9.17, 15) is 0 Å². The average Bonchev–Trinajstić information content (AvgIpc) is 3.47. The molecule has 2 atom stereocenters. The van der Waals surface area contributed by atoms with E-state index in [1.165, 1.54) is 42.6 Å². The zero-order chi connectivity index (χ0) is 20.7. The first-order chi connectivity index (χ1) is 14.6. The number of nitrogens with one attached hydrogen (secondary N) is 1. The summed E-state index contributed by atoms with van der Waals surface area (Å²) in [5, 5.41) is 4.46. The monoisotopic (exact) mass is 417 g/mol. The van der Waals surface area contributed by atoms with Gasteiger partial charge in [0.1, 0.15) is 5.82 Å². The topological polar surface area (TPSA) is 46.0 Å². The van der Waals surface area contributed by atoms with Gasteiger partial charge in [-0.15, -0.1) is 0 Å². The van der Waals surface area contributed by atoms with Gasteiger partial charge < -0.3 is 14.8 Å². The summed E-state index contributed by atoms with van der Waals surface area (Å²) < 4.78 is 2.25. The van der Waals surface area contributed by atoms with Crippen LogP contribution < -0.4 is 5.32 Å². The molecule has 4 heterocycles. The summed E-state index contributed by atoms with van der Waals surface area (Å²) in [6.07, 6.45) is 8.67. The van der Waals surface area contributed by atoms with Crippen LogP contribution in [-0.2, 0) is 0 Å². The lowest BCUT2D eigenvalue weighted by atomic mass is 9.95. The summed E-state index contributed by atoms with van der Waals surface area (Å²) in [5.74, 6) is 0.953. The molecule has 154 valence electrons. The van der Waals surface area contributed by atoms with E-state index in [0.29, 0.717) is 6.04 Å². The maximum atomic E-state index is 5.88. The standard InChI is InChI=1S/C24H27N5S/c1-16-15-19(17(2)28(16)21-12-6-8-14-26-21)23-22(20-11-5-7-13-25-20)27-24(30)29(23)18-9-3-4-10-18/h5-8,11-15,18,22-23H,3-4,9-10H2,1-2H3,(H,27,30)/t22-,23-/m1/s1. The van der Waals surface area contributed by atoms with Crippen LogP contribution in [0.15, 0.2) is 54.9 Å². The first-order valence-electron chi connectivity index (χ1n) is 10.7. The van der Waals surface area contributed by atoms with E-state index < -0.39 is 0 Å². The predicted molar refractivity (Wildman–Crippen MR) is 123 cm³/mol. The zero-order valence-electron chi connectivity index (χ0n) is 17.5. The highest BCUT2D eigenvalue weighted by Crippen LogP contribution is 2.44. The maximum Gasteiger partial charge on any atom is 0.170 e. The molecule has 5 rings (SSSR count). The van der Waals surface area contributed by atoms with Gasteiger partial charge in [0.2, 0.25) is 0 Å². The molecule has 1 aliphatic heterocycles. The van der Waals surface area contributed by atoms with Crippen molar-refractivity contribution in [2.75, 3.05) is 0 Å². The highest BCUT2D eigenvalue weighted by molar-refractivity contribution is 7.80. The molecular formula is C24H27N5S. The van der Waals surface area contributed by atoms with Crippen molar-refractivity contribution in [1.29, 1.82) is 0 Å². The lowest BCUT2D eigenvalue weighted by molar-refractivity contribution is 0.245. The molecule has 0 spiro atoms. The molecule has 2 fully saturated rings. The Kier molecular flexibility index (Phi) is 5.03. The maximum absolute atomic E-state index is 5.88. The van der Waals surface area contributed by atoms with Gasteiger partial charge in [-0.3, -0.25) is 4.98 Å². The normalized spacial score (nSPS) is 21.9. The van der Waals surface area contributed by atoms with E-state index in [1.807, 2.05) is 30.6 Å². The minimum absolute atomic E-state index is 0.0389. The third kappa shape index (κ3) is 3.19. The molecule has 2 aliphatic rings. The Balaban J connectivity index is 1.64.